The number of hydrogen-bond acceptors (Lipinski definition) is 1. The van der Waals surface area contributed by atoms with Crippen LogP contribution in [0.15, 0.2) is 0 Å². The standard InChI is InChI=1S/C8H17NO/c1-6(2)8(7(3)4)9(5)10/h6-7H,1-5H3. The lowest BCUT2D eigenvalue weighted by Crippen LogP contribution is -2.23. The highest BCUT2D eigenvalue weighted by Gasteiger charge is 2.16. The lowest BCUT2D eigenvalue weighted by atomic mass is 9.97. The van der Waals surface area contributed by atoms with Gasteiger partial charge in [0.2, 0.25) is 0 Å². The van der Waals surface area contributed by atoms with Crippen LogP contribution in [-0.2, 0) is 0 Å². The predicted molar refractivity (Wildman–Crippen MR) is 44.2 cm³/mol. The predicted octanol–water partition coefficient (Wildman–Crippen LogP) is 1.88. The number of hydrogen-bond donors (Lipinski definition) is 0. The van der Waals surface area contributed by atoms with Gasteiger partial charge >= 0.3 is 0 Å². The monoisotopic (exact) mass is 143 g/mol. The summed E-state index contributed by atoms with van der Waals surface area (Å²) in [5.41, 5.74) is 0.972. The Morgan fingerprint density at radius 1 is 1.10 bits per heavy atom. The molecule has 0 atom stereocenters. The molecule has 0 unspecified atom stereocenters. The molecular formula is C8H17NO. The van der Waals surface area contributed by atoms with Crippen LogP contribution in [0.5, 0.6) is 0 Å². The van der Waals surface area contributed by atoms with E-state index in [0.717, 1.165) is 10.5 Å². The van der Waals surface area contributed by atoms with Crippen molar-refractivity contribution in [2.75, 3.05) is 7.05 Å². The van der Waals surface area contributed by atoms with Crippen molar-refractivity contribution < 1.29 is 4.74 Å². The van der Waals surface area contributed by atoms with E-state index >= 15 is 0 Å². The Morgan fingerprint density at radius 2 is 1.40 bits per heavy atom. The summed E-state index contributed by atoms with van der Waals surface area (Å²) in [4.78, 5) is 0. The summed E-state index contributed by atoms with van der Waals surface area (Å²) < 4.78 is 0.981. The van der Waals surface area contributed by atoms with Gasteiger partial charge < -0.3 is 5.21 Å². The Labute approximate surface area is 63.1 Å². The quantitative estimate of drug-likeness (QED) is 0.251. The van der Waals surface area contributed by atoms with Crippen LogP contribution in [0.25, 0.3) is 0 Å². The summed E-state index contributed by atoms with van der Waals surface area (Å²) in [6, 6.07) is 0. The molecule has 0 N–H and O–H groups in total. The van der Waals surface area contributed by atoms with Gasteiger partial charge in [-0.05, 0) is 0 Å². The average Bonchev–Trinajstić information content (AvgIpc) is 1.59. The summed E-state index contributed by atoms with van der Waals surface area (Å²) in [5, 5.41) is 10.9. The maximum Gasteiger partial charge on any atom is 0.168 e. The number of rotatable bonds is 2. The molecule has 10 heavy (non-hydrogen) atoms. The van der Waals surface area contributed by atoms with Crippen LogP contribution in [0.3, 0.4) is 0 Å². The van der Waals surface area contributed by atoms with Crippen LogP contribution in [-0.4, -0.2) is 17.5 Å². The van der Waals surface area contributed by atoms with Crippen LogP contribution in [0.4, 0.5) is 0 Å². The maximum atomic E-state index is 10.9. The molecule has 0 radical (unpaired) electrons. The highest BCUT2D eigenvalue weighted by Crippen LogP contribution is 2.06. The van der Waals surface area contributed by atoms with Gasteiger partial charge in [-0.2, -0.15) is 0 Å². The Bertz CT molecular complexity index is 122. The van der Waals surface area contributed by atoms with E-state index in [2.05, 4.69) is 0 Å². The zero-order valence-electron chi connectivity index (χ0n) is 7.51. The Kier molecular flexibility index (Phi) is 3.40. The fourth-order valence-electron chi connectivity index (χ4n) is 1.39. The first-order valence-electron chi connectivity index (χ1n) is 3.74. The van der Waals surface area contributed by atoms with E-state index in [0.29, 0.717) is 11.8 Å². The van der Waals surface area contributed by atoms with Gasteiger partial charge in [0.05, 0.1) is 0 Å². The second-order valence-corrected chi connectivity index (χ2v) is 3.23. The highest BCUT2D eigenvalue weighted by atomic mass is 16.5. The van der Waals surface area contributed by atoms with Gasteiger partial charge in [-0.1, -0.05) is 27.7 Å². The van der Waals surface area contributed by atoms with E-state index in [1.165, 1.54) is 0 Å². The molecule has 0 saturated carbocycles. The zero-order chi connectivity index (χ0) is 8.31. The van der Waals surface area contributed by atoms with Gasteiger partial charge in [0, 0.05) is 11.8 Å². The number of hydroxylamine groups is 1. The van der Waals surface area contributed by atoms with Crippen molar-refractivity contribution in [2.24, 2.45) is 11.8 Å². The molecule has 0 rings (SSSR count). The van der Waals surface area contributed by atoms with Gasteiger partial charge in [0.1, 0.15) is 7.05 Å². The van der Waals surface area contributed by atoms with Crippen LogP contribution >= 0.6 is 0 Å². The van der Waals surface area contributed by atoms with Gasteiger partial charge in [0.25, 0.3) is 0 Å². The Morgan fingerprint density at radius 3 is 1.40 bits per heavy atom. The first kappa shape index (κ1) is 9.47. The van der Waals surface area contributed by atoms with Crippen molar-refractivity contribution in [3.8, 4) is 0 Å². The molecule has 0 fully saturated rings. The molecule has 0 amide bonds. The van der Waals surface area contributed by atoms with Gasteiger partial charge in [-0.15, -0.1) is 0 Å². The fourth-order valence-corrected chi connectivity index (χ4v) is 1.39. The highest BCUT2D eigenvalue weighted by molar-refractivity contribution is 5.83. The largest absolute Gasteiger partial charge is 0.624 e. The Balaban J connectivity index is 4.44. The van der Waals surface area contributed by atoms with E-state index in [9.17, 15) is 5.21 Å². The molecule has 0 heterocycles. The van der Waals surface area contributed by atoms with Crippen LogP contribution in [0, 0.1) is 17.0 Å². The molecule has 0 aromatic carbocycles. The van der Waals surface area contributed by atoms with Gasteiger partial charge in [-0.3, -0.25) is 0 Å². The maximum absolute atomic E-state index is 10.9. The topological polar surface area (TPSA) is 26.1 Å². The van der Waals surface area contributed by atoms with E-state index < -0.39 is 0 Å². The molecule has 0 spiro atoms. The molecule has 0 aromatic rings. The van der Waals surface area contributed by atoms with E-state index in [1.54, 1.807) is 7.05 Å². The molecule has 0 saturated heterocycles. The summed E-state index contributed by atoms with van der Waals surface area (Å²) in [5.74, 6) is 0.727. The van der Waals surface area contributed by atoms with Crippen molar-refractivity contribution in [1.82, 2.24) is 0 Å². The molecule has 0 aliphatic rings. The first-order valence-corrected chi connectivity index (χ1v) is 3.74. The first-order chi connectivity index (χ1) is 4.46. The number of nitrogens with zero attached hydrogens (tertiary/aromatic N) is 1. The van der Waals surface area contributed by atoms with E-state index in [1.807, 2.05) is 27.7 Å². The van der Waals surface area contributed by atoms with Gasteiger partial charge in [-0.25, -0.2) is 4.74 Å². The molecule has 0 aliphatic carbocycles. The molecule has 0 aromatic heterocycles. The summed E-state index contributed by atoms with van der Waals surface area (Å²) >= 11 is 0. The van der Waals surface area contributed by atoms with Crippen LogP contribution < -0.4 is 0 Å². The van der Waals surface area contributed by atoms with Crippen molar-refractivity contribution in [2.45, 2.75) is 27.7 Å². The minimum Gasteiger partial charge on any atom is -0.624 e. The fraction of sp³-hybridized carbons (Fsp3) is 0.875. The van der Waals surface area contributed by atoms with E-state index in [-0.39, 0.29) is 0 Å². The van der Waals surface area contributed by atoms with Crippen molar-refractivity contribution in [3.63, 3.8) is 0 Å². The third kappa shape index (κ3) is 2.38. The third-order valence-corrected chi connectivity index (χ3v) is 1.55. The minimum absolute atomic E-state index is 0.363. The van der Waals surface area contributed by atoms with Crippen LogP contribution in [0.1, 0.15) is 27.7 Å². The minimum atomic E-state index is 0.363. The molecule has 0 aliphatic heterocycles. The van der Waals surface area contributed by atoms with Crippen molar-refractivity contribution in [3.05, 3.63) is 5.21 Å². The summed E-state index contributed by atoms with van der Waals surface area (Å²) in [6.07, 6.45) is 0. The lowest BCUT2D eigenvalue weighted by molar-refractivity contribution is -0.428. The molecule has 0 bridgehead atoms. The molecule has 2 heteroatoms. The summed E-state index contributed by atoms with van der Waals surface area (Å²) in [7, 11) is 1.56. The van der Waals surface area contributed by atoms with Gasteiger partial charge in [0.15, 0.2) is 5.71 Å². The molecular weight excluding hydrogens is 126 g/mol. The zero-order valence-corrected chi connectivity index (χ0v) is 7.51. The van der Waals surface area contributed by atoms with Crippen molar-refractivity contribution in [1.29, 1.82) is 0 Å². The second-order valence-electron chi connectivity index (χ2n) is 3.23. The SMILES string of the molecule is CC(C)C(C(C)C)=[N+](C)[O-]. The average molecular weight is 143 g/mol. The Hall–Kier alpha value is -0.530. The van der Waals surface area contributed by atoms with E-state index in [4.69, 9.17) is 0 Å². The third-order valence-electron chi connectivity index (χ3n) is 1.55. The smallest absolute Gasteiger partial charge is 0.168 e. The van der Waals surface area contributed by atoms with Crippen molar-refractivity contribution >= 4 is 5.71 Å². The lowest BCUT2D eigenvalue weighted by Gasteiger charge is -2.12. The molecule has 60 valence electrons. The normalized spacial score (nSPS) is 10.7. The van der Waals surface area contributed by atoms with Crippen LogP contribution in [0.2, 0.25) is 0 Å². The second kappa shape index (κ2) is 3.59. The molecule has 2 nitrogen and oxygen atoms in total. The summed E-state index contributed by atoms with van der Waals surface area (Å²) in [6.45, 7) is 8.18.